The van der Waals surface area contributed by atoms with Gasteiger partial charge in [0.25, 0.3) is 0 Å². The summed E-state index contributed by atoms with van der Waals surface area (Å²) in [4.78, 5) is 12.8. The first-order chi connectivity index (χ1) is 12.6. The third kappa shape index (κ3) is 2.92. The Balaban J connectivity index is 1.66. The van der Waals surface area contributed by atoms with Crippen LogP contribution in [0, 0.1) is 6.92 Å². The molecule has 1 unspecified atom stereocenters. The first-order valence-corrected chi connectivity index (χ1v) is 9.04. The van der Waals surface area contributed by atoms with Crippen molar-refractivity contribution >= 4 is 28.5 Å². The number of halogens is 1. The van der Waals surface area contributed by atoms with E-state index in [9.17, 15) is 4.79 Å². The van der Waals surface area contributed by atoms with Crippen LogP contribution in [0.5, 0.6) is 5.75 Å². The molecule has 5 nitrogen and oxygen atoms in total. The Morgan fingerprint density at radius 2 is 2.23 bits per heavy atom. The Hall–Kier alpha value is -2.53. The number of fused-ring (bicyclic) bond motifs is 2. The lowest BCUT2D eigenvalue weighted by Crippen LogP contribution is -2.13. The Morgan fingerprint density at radius 1 is 1.38 bits per heavy atom. The molecule has 0 amide bonds. The van der Waals surface area contributed by atoms with E-state index >= 15 is 0 Å². The van der Waals surface area contributed by atoms with Crippen molar-refractivity contribution in [3.8, 4) is 5.75 Å². The zero-order chi connectivity index (χ0) is 18.3. The number of nitrogens with one attached hydrogen (secondary N) is 1. The van der Waals surface area contributed by atoms with E-state index < -0.39 is 6.10 Å². The van der Waals surface area contributed by atoms with E-state index in [1.807, 2.05) is 32.0 Å². The van der Waals surface area contributed by atoms with Crippen molar-refractivity contribution < 1.29 is 14.3 Å². The fourth-order valence-electron chi connectivity index (χ4n) is 3.42. The minimum absolute atomic E-state index is 0.363. The molecule has 0 spiro atoms. The van der Waals surface area contributed by atoms with Gasteiger partial charge in [-0.05, 0) is 48.7 Å². The van der Waals surface area contributed by atoms with Gasteiger partial charge in [0.2, 0.25) is 0 Å². The zero-order valence-corrected chi connectivity index (χ0v) is 15.4. The van der Waals surface area contributed by atoms with E-state index in [-0.39, 0.29) is 5.97 Å². The molecule has 0 radical (unpaired) electrons. The fraction of sp³-hybridized carbons (Fsp3) is 0.300. The predicted molar refractivity (Wildman–Crippen MR) is 99.9 cm³/mol. The van der Waals surface area contributed by atoms with Crippen LogP contribution < -0.4 is 4.74 Å². The summed E-state index contributed by atoms with van der Waals surface area (Å²) in [7, 11) is 0. The van der Waals surface area contributed by atoms with Crippen molar-refractivity contribution in [3.63, 3.8) is 0 Å². The van der Waals surface area contributed by atoms with Crippen molar-refractivity contribution in [1.82, 2.24) is 10.2 Å². The number of carbonyl (C=O) groups is 1. The van der Waals surface area contributed by atoms with Crippen molar-refractivity contribution in [3.05, 3.63) is 57.7 Å². The molecule has 4 rings (SSSR count). The minimum Gasteiger partial charge on any atom is -0.493 e. The van der Waals surface area contributed by atoms with Crippen LogP contribution in [0.1, 0.15) is 46.5 Å². The Kier molecular flexibility index (Phi) is 4.32. The molecule has 1 N–H and O–H groups in total. The molecule has 134 valence electrons. The van der Waals surface area contributed by atoms with Gasteiger partial charge >= 0.3 is 5.97 Å². The van der Waals surface area contributed by atoms with Crippen molar-refractivity contribution in [1.29, 1.82) is 0 Å². The maximum Gasteiger partial charge on any atom is 0.339 e. The van der Waals surface area contributed by atoms with Crippen LogP contribution in [0.15, 0.2) is 30.5 Å². The van der Waals surface area contributed by atoms with Gasteiger partial charge in [-0.25, -0.2) is 4.79 Å². The number of esters is 1. The van der Waals surface area contributed by atoms with Crippen LogP contribution in [0.4, 0.5) is 0 Å². The summed E-state index contributed by atoms with van der Waals surface area (Å²) < 4.78 is 11.6. The molecule has 0 saturated carbocycles. The van der Waals surface area contributed by atoms with Crippen molar-refractivity contribution in [2.75, 3.05) is 6.61 Å². The summed E-state index contributed by atoms with van der Waals surface area (Å²) in [6, 6.07) is 7.46. The average molecular weight is 371 g/mol. The molecule has 1 aromatic heterocycles. The highest BCUT2D eigenvalue weighted by molar-refractivity contribution is 6.30. The van der Waals surface area contributed by atoms with Gasteiger partial charge in [-0.15, -0.1) is 0 Å². The van der Waals surface area contributed by atoms with E-state index in [2.05, 4.69) is 10.2 Å². The molecular formula is C20H19ClN2O3. The van der Waals surface area contributed by atoms with E-state index in [1.54, 1.807) is 12.3 Å². The van der Waals surface area contributed by atoms with Gasteiger partial charge in [0.05, 0.1) is 23.9 Å². The molecule has 0 fully saturated rings. The van der Waals surface area contributed by atoms with Crippen LogP contribution in [-0.2, 0) is 11.2 Å². The quantitative estimate of drug-likeness (QED) is 0.672. The second-order valence-electron chi connectivity index (χ2n) is 6.51. The number of aromatic nitrogens is 2. The summed E-state index contributed by atoms with van der Waals surface area (Å²) in [6.45, 7) is 4.50. The van der Waals surface area contributed by atoms with Crippen LogP contribution >= 0.6 is 11.6 Å². The molecule has 0 bridgehead atoms. The summed E-state index contributed by atoms with van der Waals surface area (Å²) in [5.74, 6) is 0.437. The molecule has 3 aromatic rings. The van der Waals surface area contributed by atoms with Gasteiger partial charge < -0.3 is 9.47 Å². The number of H-pyrrole nitrogens is 1. The third-order valence-corrected chi connectivity index (χ3v) is 4.97. The molecule has 26 heavy (non-hydrogen) atoms. The summed E-state index contributed by atoms with van der Waals surface area (Å²) >= 11 is 6.25. The first kappa shape index (κ1) is 16.9. The summed E-state index contributed by atoms with van der Waals surface area (Å²) in [5.41, 5.74) is 4.09. The van der Waals surface area contributed by atoms with Gasteiger partial charge in [0.15, 0.2) is 0 Å². The molecule has 2 heterocycles. The second kappa shape index (κ2) is 6.65. The molecule has 1 aliphatic heterocycles. The van der Waals surface area contributed by atoms with E-state index in [0.717, 1.165) is 39.8 Å². The minimum atomic E-state index is -0.412. The highest BCUT2D eigenvalue weighted by Crippen LogP contribution is 2.39. The molecule has 1 atom stereocenters. The molecular weight excluding hydrogens is 352 g/mol. The van der Waals surface area contributed by atoms with Crippen LogP contribution in [0.25, 0.3) is 10.9 Å². The SMILES string of the molecule is CCC(OC(=O)c1cc2[nH]ncc2cc1C)c1cc(Cl)cc2c1OCC2. The van der Waals surface area contributed by atoms with Gasteiger partial charge in [-0.3, -0.25) is 5.10 Å². The van der Waals surface area contributed by atoms with Crippen molar-refractivity contribution in [2.24, 2.45) is 0 Å². The number of carbonyl (C=O) groups excluding carboxylic acids is 1. The Labute approximate surface area is 156 Å². The zero-order valence-electron chi connectivity index (χ0n) is 14.6. The van der Waals surface area contributed by atoms with E-state index in [1.165, 1.54) is 0 Å². The fourth-order valence-corrected chi connectivity index (χ4v) is 3.67. The molecule has 1 aliphatic rings. The number of rotatable bonds is 4. The van der Waals surface area contributed by atoms with E-state index in [4.69, 9.17) is 21.1 Å². The van der Waals surface area contributed by atoms with Crippen LogP contribution in [0.3, 0.4) is 0 Å². The monoisotopic (exact) mass is 370 g/mol. The molecule has 6 heteroatoms. The maximum atomic E-state index is 12.8. The topological polar surface area (TPSA) is 64.2 Å². The first-order valence-electron chi connectivity index (χ1n) is 8.66. The smallest absolute Gasteiger partial charge is 0.339 e. The number of hydrogen-bond acceptors (Lipinski definition) is 4. The number of aryl methyl sites for hydroxylation is 1. The maximum absolute atomic E-state index is 12.8. The highest BCUT2D eigenvalue weighted by atomic mass is 35.5. The molecule has 2 aromatic carbocycles. The Morgan fingerprint density at radius 3 is 3.04 bits per heavy atom. The number of hydrogen-bond donors (Lipinski definition) is 1. The van der Waals surface area contributed by atoms with Gasteiger partial charge in [-0.2, -0.15) is 5.10 Å². The normalized spacial score (nSPS) is 14.1. The highest BCUT2D eigenvalue weighted by Gasteiger charge is 2.26. The molecule has 0 saturated heterocycles. The lowest BCUT2D eigenvalue weighted by molar-refractivity contribution is 0.0282. The Bertz CT molecular complexity index is 996. The number of benzene rings is 2. The number of ether oxygens (including phenoxy) is 2. The third-order valence-electron chi connectivity index (χ3n) is 4.75. The van der Waals surface area contributed by atoms with Crippen molar-refractivity contribution in [2.45, 2.75) is 32.8 Å². The largest absolute Gasteiger partial charge is 0.493 e. The standard InChI is InChI=1S/C20H19ClN2O3/c1-3-18(16-8-14(21)7-12-4-5-25-19(12)16)26-20(24)15-9-17-13(6-11(15)2)10-22-23-17/h6-10,18H,3-5H2,1-2H3,(H,22,23). The predicted octanol–water partition coefficient (Wildman–Crippen LogP) is 4.77. The van der Waals surface area contributed by atoms with E-state index in [0.29, 0.717) is 23.6 Å². The number of aromatic amines is 1. The number of nitrogens with zero attached hydrogens (tertiary/aromatic N) is 1. The van der Waals surface area contributed by atoms with Gasteiger partial charge in [-0.1, -0.05) is 18.5 Å². The second-order valence-corrected chi connectivity index (χ2v) is 6.94. The lowest BCUT2D eigenvalue weighted by atomic mass is 10.0. The van der Waals surface area contributed by atoms with Crippen LogP contribution in [0.2, 0.25) is 5.02 Å². The lowest BCUT2D eigenvalue weighted by Gasteiger charge is -2.20. The average Bonchev–Trinajstić information content (AvgIpc) is 3.26. The summed E-state index contributed by atoms with van der Waals surface area (Å²) in [6.07, 6.45) is 2.78. The van der Waals surface area contributed by atoms with Gasteiger partial charge in [0, 0.05) is 22.4 Å². The summed E-state index contributed by atoms with van der Waals surface area (Å²) in [5, 5.41) is 8.49. The van der Waals surface area contributed by atoms with Gasteiger partial charge in [0.1, 0.15) is 11.9 Å². The van der Waals surface area contributed by atoms with Crippen LogP contribution in [-0.4, -0.2) is 22.8 Å². The molecule has 0 aliphatic carbocycles.